The topological polar surface area (TPSA) is 12.0 Å². The zero-order valence-electron chi connectivity index (χ0n) is 11.0. The molecule has 1 N–H and O–H groups in total. The van der Waals surface area contributed by atoms with E-state index in [9.17, 15) is 0 Å². The summed E-state index contributed by atoms with van der Waals surface area (Å²) < 4.78 is 0. The molecule has 0 aliphatic heterocycles. The molecule has 0 spiro atoms. The van der Waals surface area contributed by atoms with E-state index in [-0.39, 0.29) is 0 Å². The highest BCUT2D eigenvalue weighted by atomic mass is 32.1. The third-order valence-electron chi connectivity index (χ3n) is 4.09. The lowest BCUT2D eigenvalue weighted by molar-refractivity contribution is 0.198. The Morgan fingerprint density at radius 3 is 2.76 bits per heavy atom. The van der Waals surface area contributed by atoms with Crippen molar-refractivity contribution in [2.45, 2.75) is 51.9 Å². The lowest BCUT2D eigenvalue weighted by Gasteiger charge is -2.33. The predicted molar refractivity (Wildman–Crippen MR) is 76.7 cm³/mol. The van der Waals surface area contributed by atoms with Crippen LogP contribution in [0.5, 0.6) is 0 Å². The van der Waals surface area contributed by atoms with Gasteiger partial charge in [-0.2, -0.15) is 0 Å². The molecule has 0 amide bonds. The molecule has 0 saturated heterocycles. The Kier molecular flexibility index (Phi) is 5.05. The minimum Gasteiger partial charge on any atom is -0.316 e. The summed E-state index contributed by atoms with van der Waals surface area (Å²) >= 11 is 1.87. The van der Waals surface area contributed by atoms with Crippen LogP contribution in [0.3, 0.4) is 0 Å². The van der Waals surface area contributed by atoms with E-state index in [1.807, 2.05) is 11.3 Å². The molecular formula is C15H25NS. The van der Waals surface area contributed by atoms with Gasteiger partial charge >= 0.3 is 0 Å². The van der Waals surface area contributed by atoms with Gasteiger partial charge in [-0.05, 0) is 55.6 Å². The van der Waals surface area contributed by atoms with Gasteiger partial charge in [0.25, 0.3) is 0 Å². The molecule has 2 heteroatoms. The Balaban J connectivity index is 1.56. The van der Waals surface area contributed by atoms with E-state index in [0.717, 1.165) is 6.54 Å². The van der Waals surface area contributed by atoms with E-state index < -0.39 is 0 Å². The van der Waals surface area contributed by atoms with Crippen molar-refractivity contribution in [3.63, 3.8) is 0 Å². The van der Waals surface area contributed by atoms with Crippen LogP contribution in [-0.2, 0) is 6.42 Å². The number of hydrogen-bond acceptors (Lipinski definition) is 2. The number of hydrogen-bond donors (Lipinski definition) is 1. The van der Waals surface area contributed by atoms with E-state index in [1.54, 1.807) is 0 Å². The predicted octanol–water partition coefficient (Wildman–Crippen LogP) is 4.24. The second-order valence-corrected chi connectivity index (χ2v) is 6.73. The van der Waals surface area contributed by atoms with Crippen molar-refractivity contribution >= 4 is 11.3 Å². The van der Waals surface area contributed by atoms with E-state index >= 15 is 0 Å². The largest absolute Gasteiger partial charge is 0.316 e. The maximum atomic E-state index is 3.60. The van der Waals surface area contributed by atoms with Crippen LogP contribution in [0.2, 0.25) is 0 Å². The first kappa shape index (κ1) is 13.1. The molecule has 1 aromatic heterocycles. The molecule has 0 bridgehead atoms. The first-order valence-corrected chi connectivity index (χ1v) is 7.90. The number of nitrogens with one attached hydrogen (secondary N) is 1. The fourth-order valence-electron chi connectivity index (χ4n) is 2.84. The third-order valence-corrected chi connectivity index (χ3v) is 5.03. The summed E-state index contributed by atoms with van der Waals surface area (Å²) in [6.07, 6.45) is 9.80. The highest BCUT2D eigenvalue weighted by molar-refractivity contribution is 7.09. The molecular weight excluding hydrogens is 226 g/mol. The average molecular weight is 251 g/mol. The SMILES string of the molecule is CC1(CCNCCc2cccs2)CCCCC1. The third kappa shape index (κ3) is 4.44. The van der Waals surface area contributed by atoms with Gasteiger partial charge in [-0.3, -0.25) is 0 Å². The monoisotopic (exact) mass is 251 g/mol. The summed E-state index contributed by atoms with van der Waals surface area (Å²) in [4.78, 5) is 1.50. The van der Waals surface area contributed by atoms with E-state index in [4.69, 9.17) is 0 Å². The van der Waals surface area contributed by atoms with E-state index in [0.29, 0.717) is 5.41 Å². The van der Waals surface area contributed by atoms with Gasteiger partial charge in [-0.15, -0.1) is 11.3 Å². The fraction of sp³-hybridized carbons (Fsp3) is 0.733. The molecule has 1 aromatic rings. The first-order chi connectivity index (χ1) is 8.29. The van der Waals surface area contributed by atoms with Crippen LogP contribution in [0.15, 0.2) is 17.5 Å². The van der Waals surface area contributed by atoms with Crippen molar-refractivity contribution in [1.29, 1.82) is 0 Å². The molecule has 0 unspecified atom stereocenters. The lowest BCUT2D eigenvalue weighted by Crippen LogP contribution is -2.27. The molecule has 0 aromatic carbocycles. The summed E-state index contributed by atoms with van der Waals surface area (Å²) in [5, 5.41) is 5.77. The molecule has 96 valence electrons. The summed E-state index contributed by atoms with van der Waals surface area (Å²) in [7, 11) is 0. The molecule has 17 heavy (non-hydrogen) atoms. The van der Waals surface area contributed by atoms with Crippen LogP contribution in [0.25, 0.3) is 0 Å². The Labute approximate surface area is 110 Å². The second-order valence-electron chi connectivity index (χ2n) is 5.70. The average Bonchev–Trinajstić information content (AvgIpc) is 2.82. The second kappa shape index (κ2) is 6.55. The molecule has 1 saturated carbocycles. The van der Waals surface area contributed by atoms with Gasteiger partial charge in [-0.1, -0.05) is 32.3 Å². The maximum Gasteiger partial charge on any atom is 0.00578 e. The summed E-state index contributed by atoms with van der Waals surface area (Å²) in [5.41, 5.74) is 0.633. The molecule has 1 aliphatic rings. The summed E-state index contributed by atoms with van der Waals surface area (Å²) in [6, 6.07) is 4.37. The zero-order valence-corrected chi connectivity index (χ0v) is 11.8. The highest BCUT2D eigenvalue weighted by Crippen LogP contribution is 2.38. The van der Waals surface area contributed by atoms with Crippen molar-refractivity contribution < 1.29 is 0 Å². The smallest absolute Gasteiger partial charge is 0.00578 e. The van der Waals surface area contributed by atoms with Crippen LogP contribution in [0, 0.1) is 5.41 Å². The Morgan fingerprint density at radius 2 is 2.06 bits per heavy atom. The van der Waals surface area contributed by atoms with Crippen molar-refractivity contribution in [1.82, 2.24) is 5.32 Å². The van der Waals surface area contributed by atoms with Gasteiger partial charge in [0.2, 0.25) is 0 Å². The first-order valence-electron chi connectivity index (χ1n) is 7.02. The van der Waals surface area contributed by atoms with Gasteiger partial charge in [0.1, 0.15) is 0 Å². The van der Waals surface area contributed by atoms with Gasteiger partial charge < -0.3 is 5.32 Å². The summed E-state index contributed by atoms with van der Waals surface area (Å²) in [6.45, 7) is 4.81. The minimum atomic E-state index is 0.633. The minimum absolute atomic E-state index is 0.633. The van der Waals surface area contributed by atoms with Crippen molar-refractivity contribution in [2.24, 2.45) is 5.41 Å². The zero-order chi connectivity index (χ0) is 12.0. The van der Waals surface area contributed by atoms with Crippen molar-refractivity contribution in [3.05, 3.63) is 22.4 Å². The molecule has 1 aliphatic carbocycles. The maximum absolute atomic E-state index is 3.60. The normalized spacial score (nSPS) is 19.4. The van der Waals surface area contributed by atoms with Gasteiger partial charge in [0.15, 0.2) is 0 Å². The van der Waals surface area contributed by atoms with E-state index in [1.165, 1.54) is 56.4 Å². The van der Waals surface area contributed by atoms with Gasteiger partial charge in [0.05, 0.1) is 0 Å². The molecule has 1 nitrogen and oxygen atoms in total. The van der Waals surface area contributed by atoms with Crippen molar-refractivity contribution in [3.8, 4) is 0 Å². The molecule has 1 heterocycles. The van der Waals surface area contributed by atoms with Gasteiger partial charge in [0, 0.05) is 4.88 Å². The quantitative estimate of drug-likeness (QED) is 0.746. The van der Waals surface area contributed by atoms with Crippen LogP contribution >= 0.6 is 11.3 Å². The molecule has 0 atom stereocenters. The van der Waals surface area contributed by atoms with Crippen LogP contribution in [0.1, 0.15) is 50.3 Å². The molecule has 2 rings (SSSR count). The lowest BCUT2D eigenvalue weighted by atomic mass is 9.73. The van der Waals surface area contributed by atoms with Crippen LogP contribution in [0.4, 0.5) is 0 Å². The number of thiophene rings is 1. The standard InChI is InChI=1S/C15H25NS/c1-15(8-3-2-4-9-15)10-12-16-11-7-14-6-5-13-17-14/h5-6,13,16H,2-4,7-12H2,1H3. The highest BCUT2D eigenvalue weighted by Gasteiger charge is 2.25. The Morgan fingerprint density at radius 1 is 1.24 bits per heavy atom. The Hall–Kier alpha value is -0.340. The van der Waals surface area contributed by atoms with Gasteiger partial charge in [-0.25, -0.2) is 0 Å². The van der Waals surface area contributed by atoms with E-state index in [2.05, 4.69) is 29.8 Å². The van der Waals surface area contributed by atoms with Crippen LogP contribution in [-0.4, -0.2) is 13.1 Å². The Bertz CT molecular complexity index is 299. The molecule has 0 radical (unpaired) electrons. The van der Waals surface area contributed by atoms with Crippen LogP contribution < -0.4 is 5.32 Å². The summed E-state index contributed by atoms with van der Waals surface area (Å²) in [5.74, 6) is 0. The fourth-order valence-corrected chi connectivity index (χ4v) is 3.55. The van der Waals surface area contributed by atoms with Crippen molar-refractivity contribution in [2.75, 3.05) is 13.1 Å². The molecule has 1 fully saturated rings. The number of rotatable bonds is 6.